The van der Waals surface area contributed by atoms with Crippen molar-refractivity contribution in [2.75, 3.05) is 26.3 Å². The number of benzene rings is 1. The molecular weight excluding hydrogens is 345 g/mol. The maximum Gasteiger partial charge on any atom is 0.573 e. The van der Waals surface area contributed by atoms with Crippen LogP contribution in [-0.2, 0) is 9.53 Å². The number of ether oxygens (including phenoxy) is 2. The molecule has 0 spiro atoms. The minimum atomic E-state index is -4.79. The first-order chi connectivity index (χ1) is 11.4. The maximum atomic E-state index is 12.5. The van der Waals surface area contributed by atoms with Crippen molar-refractivity contribution in [2.24, 2.45) is 4.99 Å². The fourth-order valence-electron chi connectivity index (χ4n) is 2.25. The number of aliphatic imine (C=N–C) groups is 1. The van der Waals surface area contributed by atoms with E-state index >= 15 is 0 Å². The van der Waals surface area contributed by atoms with Crippen LogP contribution in [0, 0.1) is 0 Å². The summed E-state index contributed by atoms with van der Waals surface area (Å²) in [5.74, 6) is -0.825. The third kappa shape index (κ3) is 4.09. The van der Waals surface area contributed by atoms with Crippen LogP contribution in [0.15, 0.2) is 34.2 Å². The Morgan fingerprint density at radius 1 is 1.25 bits per heavy atom. The topological polar surface area (TPSA) is 51.1 Å². The zero-order valence-corrected chi connectivity index (χ0v) is 13.2. The lowest BCUT2D eigenvalue weighted by atomic mass is 10.2. The molecule has 0 atom stereocenters. The summed E-state index contributed by atoms with van der Waals surface area (Å²) in [6.45, 7) is 2.35. The van der Waals surface area contributed by atoms with E-state index in [1.54, 1.807) is 6.07 Å². The molecule has 1 amide bonds. The molecular formula is C15H13F3N2O3S. The van der Waals surface area contributed by atoms with E-state index in [9.17, 15) is 18.0 Å². The Morgan fingerprint density at radius 2 is 1.96 bits per heavy atom. The molecule has 2 aliphatic heterocycles. The first-order valence-electron chi connectivity index (χ1n) is 7.12. The summed E-state index contributed by atoms with van der Waals surface area (Å²) < 4.78 is 46.6. The number of para-hydroxylation sites is 1. The molecule has 0 bridgehead atoms. The van der Waals surface area contributed by atoms with Crippen molar-refractivity contribution in [3.63, 3.8) is 0 Å². The molecule has 2 aliphatic rings. The second kappa shape index (κ2) is 6.86. The van der Waals surface area contributed by atoms with Crippen molar-refractivity contribution in [2.45, 2.75) is 6.36 Å². The highest BCUT2D eigenvalue weighted by atomic mass is 32.2. The number of hydrogen-bond acceptors (Lipinski definition) is 5. The van der Waals surface area contributed by atoms with Crippen molar-refractivity contribution in [3.8, 4) is 5.75 Å². The number of halogens is 3. The van der Waals surface area contributed by atoms with Crippen molar-refractivity contribution in [1.29, 1.82) is 0 Å². The molecule has 5 nitrogen and oxygen atoms in total. The second-order valence-electron chi connectivity index (χ2n) is 5.00. The standard InChI is InChI=1S/C15H13F3N2O3S/c16-15(17,18)23-11-4-2-1-3-10(11)9-12-13(21)19-14(24-12)20-5-7-22-8-6-20/h1-4,9H,5-8H2. The lowest BCUT2D eigenvalue weighted by Gasteiger charge is -2.27. The molecule has 0 saturated carbocycles. The van der Waals surface area contributed by atoms with Crippen molar-refractivity contribution in [3.05, 3.63) is 34.7 Å². The number of alkyl halides is 3. The van der Waals surface area contributed by atoms with Gasteiger partial charge in [0.2, 0.25) is 0 Å². The smallest absolute Gasteiger partial charge is 0.405 e. The van der Waals surface area contributed by atoms with Gasteiger partial charge in [-0.3, -0.25) is 4.79 Å². The maximum absolute atomic E-state index is 12.5. The Balaban J connectivity index is 1.79. The summed E-state index contributed by atoms with van der Waals surface area (Å²) in [5.41, 5.74) is 0.170. The van der Waals surface area contributed by atoms with Crippen molar-refractivity contribution in [1.82, 2.24) is 4.90 Å². The fourth-order valence-corrected chi connectivity index (χ4v) is 3.20. The third-order valence-electron chi connectivity index (χ3n) is 3.32. The number of nitrogens with zero attached hydrogens (tertiary/aromatic N) is 2. The van der Waals surface area contributed by atoms with Crippen LogP contribution < -0.4 is 4.74 Å². The van der Waals surface area contributed by atoms with E-state index < -0.39 is 12.3 Å². The molecule has 0 N–H and O–H groups in total. The third-order valence-corrected chi connectivity index (χ3v) is 4.37. The van der Waals surface area contributed by atoms with Crippen LogP contribution in [0.3, 0.4) is 0 Å². The van der Waals surface area contributed by atoms with Crippen LogP contribution in [0.25, 0.3) is 6.08 Å². The molecule has 1 saturated heterocycles. The van der Waals surface area contributed by atoms with E-state index in [0.29, 0.717) is 31.5 Å². The van der Waals surface area contributed by atoms with E-state index in [1.807, 2.05) is 4.90 Å². The summed E-state index contributed by atoms with van der Waals surface area (Å²) in [6.07, 6.45) is -3.43. The van der Waals surface area contributed by atoms with Gasteiger partial charge in [-0.15, -0.1) is 13.2 Å². The Hall–Kier alpha value is -2.00. The number of rotatable bonds is 2. The number of morpholine rings is 1. The highest BCUT2D eigenvalue weighted by Gasteiger charge is 2.32. The van der Waals surface area contributed by atoms with Crippen LogP contribution in [0.1, 0.15) is 5.56 Å². The molecule has 3 rings (SSSR count). The molecule has 0 unspecified atom stereocenters. The highest BCUT2D eigenvalue weighted by Crippen LogP contribution is 2.34. The summed E-state index contributed by atoms with van der Waals surface area (Å²) in [7, 11) is 0. The quantitative estimate of drug-likeness (QED) is 0.761. The van der Waals surface area contributed by atoms with Gasteiger partial charge in [0.25, 0.3) is 5.91 Å². The molecule has 0 radical (unpaired) electrons. The predicted molar refractivity (Wildman–Crippen MR) is 83.5 cm³/mol. The van der Waals surface area contributed by atoms with E-state index in [0.717, 1.165) is 11.8 Å². The van der Waals surface area contributed by atoms with Gasteiger partial charge in [0.15, 0.2) is 5.17 Å². The Bertz CT molecular complexity index is 697. The van der Waals surface area contributed by atoms with Gasteiger partial charge in [-0.1, -0.05) is 18.2 Å². The number of amidine groups is 1. The summed E-state index contributed by atoms with van der Waals surface area (Å²) in [5, 5.41) is 0.545. The molecule has 1 aromatic rings. The van der Waals surface area contributed by atoms with Gasteiger partial charge in [0, 0.05) is 18.7 Å². The number of thioether (sulfide) groups is 1. The Kier molecular flexibility index (Phi) is 4.81. The number of amides is 1. The summed E-state index contributed by atoms with van der Waals surface area (Å²) in [6, 6.07) is 5.66. The van der Waals surface area contributed by atoms with E-state index in [2.05, 4.69) is 9.73 Å². The van der Waals surface area contributed by atoms with Crippen molar-refractivity contribution < 1.29 is 27.4 Å². The summed E-state index contributed by atoms with van der Waals surface area (Å²) >= 11 is 1.14. The van der Waals surface area contributed by atoms with Crippen LogP contribution in [0.2, 0.25) is 0 Å². The number of hydrogen-bond donors (Lipinski definition) is 0. The Labute approximate surface area is 140 Å². The van der Waals surface area contributed by atoms with Crippen LogP contribution in [-0.4, -0.2) is 48.6 Å². The Morgan fingerprint density at radius 3 is 2.67 bits per heavy atom. The second-order valence-corrected chi connectivity index (χ2v) is 6.00. The molecule has 24 heavy (non-hydrogen) atoms. The number of carbonyl (C=O) groups is 1. The van der Waals surface area contributed by atoms with Gasteiger partial charge in [0.05, 0.1) is 18.1 Å². The SMILES string of the molecule is O=C1N=C(N2CCOCC2)SC1=Cc1ccccc1OC(F)(F)F. The normalized spacial score (nSPS) is 20.5. The molecule has 2 heterocycles. The monoisotopic (exact) mass is 358 g/mol. The van der Waals surface area contributed by atoms with Gasteiger partial charge in [-0.05, 0) is 23.9 Å². The average molecular weight is 358 g/mol. The van der Waals surface area contributed by atoms with Crippen molar-refractivity contribution >= 4 is 28.9 Å². The first kappa shape index (κ1) is 16.8. The molecule has 128 valence electrons. The predicted octanol–water partition coefficient (Wildman–Crippen LogP) is 2.89. The molecule has 1 fully saturated rings. The van der Waals surface area contributed by atoms with Gasteiger partial charge in [-0.2, -0.15) is 4.99 Å². The largest absolute Gasteiger partial charge is 0.573 e. The minimum Gasteiger partial charge on any atom is -0.405 e. The number of carbonyl (C=O) groups excluding carboxylic acids is 1. The molecule has 9 heteroatoms. The van der Waals surface area contributed by atoms with E-state index in [1.165, 1.54) is 24.3 Å². The highest BCUT2D eigenvalue weighted by molar-refractivity contribution is 8.18. The van der Waals surface area contributed by atoms with Crippen LogP contribution in [0.4, 0.5) is 13.2 Å². The average Bonchev–Trinajstić information content (AvgIpc) is 2.90. The molecule has 0 aromatic heterocycles. The molecule has 1 aromatic carbocycles. The lowest BCUT2D eigenvalue weighted by Crippen LogP contribution is -2.38. The minimum absolute atomic E-state index is 0.170. The van der Waals surface area contributed by atoms with Crippen LogP contribution >= 0.6 is 11.8 Å². The lowest BCUT2D eigenvalue weighted by molar-refractivity contribution is -0.274. The van der Waals surface area contributed by atoms with Gasteiger partial charge in [-0.25, -0.2) is 0 Å². The van der Waals surface area contributed by atoms with Gasteiger partial charge >= 0.3 is 6.36 Å². The van der Waals surface area contributed by atoms with Gasteiger partial charge in [0.1, 0.15) is 5.75 Å². The van der Waals surface area contributed by atoms with Crippen LogP contribution in [0.5, 0.6) is 5.75 Å². The first-order valence-corrected chi connectivity index (χ1v) is 7.94. The van der Waals surface area contributed by atoms with E-state index in [4.69, 9.17) is 4.74 Å². The molecule has 0 aliphatic carbocycles. The zero-order valence-electron chi connectivity index (χ0n) is 12.4. The van der Waals surface area contributed by atoms with Gasteiger partial charge < -0.3 is 14.4 Å². The van der Waals surface area contributed by atoms with E-state index in [-0.39, 0.29) is 16.2 Å². The fraction of sp³-hybridized carbons (Fsp3) is 0.333. The summed E-state index contributed by atoms with van der Waals surface area (Å²) in [4.78, 5) is 18.2. The zero-order chi connectivity index (χ0) is 17.2.